The van der Waals surface area contributed by atoms with Crippen LogP contribution in [0, 0.1) is 0 Å². The van der Waals surface area contributed by atoms with Crippen LogP contribution in [-0.4, -0.2) is 63.1 Å². The lowest BCUT2D eigenvalue weighted by molar-refractivity contribution is -0.154. The maximum atomic E-state index is 13.1. The fraction of sp³-hybridized carbons (Fsp3) is 0.778. The second kappa shape index (κ2) is 9.09. The van der Waals surface area contributed by atoms with Gasteiger partial charge >= 0.3 is 11.9 Å². The van der Waals surface area contributed by atoms with Crippen LogP contribution in [0.4, 0.5) is 0 Å². The van der Waals surface area contributed by atoms with Gasteiger partial charge < -0.3 is 14.4 Å². The van der Waals surface area contributed by atoms with E-state index < -0.39 is 0 Å². The summed E-state index contributed by atoms with van der Waals surface area (Å²) >= 11 is 0. The monoisotopic (exact) mass is 462 g/mol. The van der Waals surface area contributed by atoms with Crippen molar-refractivity contribution in [3.8, 4) is 0 Å². The van der Waals surface area contributed by atoms with E-state index in [1.54, 1.807) is 6.92 Å². The van der Waals surface area contributed by atoms with Gasteiger partial charge in [-0.1, -0.05) is 6.58 Å². The molecule has 0 spiro atoms. The van der Waals surface area contributed by atoms with Crippen molar-refractivity contribution < 1.29 is 19.1 Å². The Morgan fingerprint density at radius 1 is 0.758 bits per heavy atom. The summed E-state index contributed by atoms with van der Waals surface area (Å²) in [6.07, 6.45) is 4.59. The molecular formula is C27H46N2O4. The van der Waals surface area contributed by atoms with E-state index >= 15 is 0 Å². The molecule has 2 heterocycles. The van der Waals surface area contributed by atoms with Crippen LogP contribution in [0.25, 0.3) is 0 Å². The van der Waals surface area contributed by atoms with Gasteiger partial charge in [0.2, 0.25) is 0 Å². The fourth-order valence-electron chi connectivity index (χ4n) is 5.74. The number of esters is 2. The smallest absolute Gasteiger partial charge is 0.335 e. The topological polar surface area (TPSA) is 59.1 Å². The summed E-state index contributed by atoms with van der Waals surface area (Å²) < 4.78 is 11.7. The number of carbonyl (C=O) groups excluding carboxylic acids is 2. The number of piperidine rings is 2. The molecule has 2 rings (SSSR count). The Hall–Kier alpha value is -1.82. The molecule has 33 heavy (non-hydrogen) atoms. The zero-order valence-corrected chi connectivity index (χ0v) is 22.8. The molecule has 0 radical (unpaired) electrons. The Morgan fingerprint density at radius 2 is 1.12 bits per heavy atom. The van der Waals surface area contributed by atoms with Crippen molar-refractivity contribution in [3.63, 3.8) is 0 Å². The van der Waals surface area contributed by atoms with Gasteiger partial charge in [-0.15, -0.1) is 0 Å². The lowest BCUT2D eigenvalue weighted by Gasteiger charge is -2.55. The maximum absolute atomic E-state index is 13.1. The minimum atomic E-state index is -0.348. The van der Waals surface area contributed by atoms with E-state index in [-0.39, 0.29) is 46.3 Å². The lowest BCUT2D eigenvalue weighted by atomic mass is 9.78. The first-order valence-electron chi connectivity index (χ1n) is 12.1. The fourth-order valence-corrected chi connectivity index (χ4v) is 5.74. The second-order valence-corrected chi connectivity index (χ2v) is 12.6. The van der Waals surface area contributed by atoms with Gasteiger partial charge in [-0.25, -0.2) is 9.59 Å². The third-order valence-electron chi connectivity index (χ3n) is 7.57. The van der Waals surface area contributed by atoms with Gasteiger partial charge in [-0.05, 0) is 76.3 Å². The molecule has 0 aromatic heterocycles. The molecule has 2 aliphatic heterocycles. The predicted molar refractivity (Wildman–Crippen MR) is 133 cm³/mol. The number of nitrogens with zero attached hydrogens (tertiary/aromatic N) is 2. The van der Waals surface area contributed by atoms with Gasteiger partial charge in [0.25, 0.3) is 0 Å². The molecule has 0 saturated carbocycles. The summed E-state index contributed by atoms with van der Waals surface area (Å²) in [5.74, 6) is -0.613. The summed E-state index contributed by atoms with van der Waals surface area (Å²) in [5, 5.41) is 0. The van der Waals surface area contributed by atoms with Crippen molar-refractivity contribution >= 4 is 11.9 Å². The van der Waals surface area contributed by atoms with E-state index in [0.29, 0.717) is 24.0 Å². The minimum Gasteiger partial charge on any atom is -0.459 e. The number of hydrogen-bond donors (Lipinski definition) is 0. The van der Waals surface area contributed by atoms with E-state index in [4.69, 9.17) is 9.47 Å². The van der Waals surface area contributed by atoms with E-state index in [1.165, 1.54) is 0 Å². The highest BCUT2D eigenvalue weighted by Gasteiger charge is 2.46. The summed E-state index contributed by atoms with van der Waals surface area (Å²) in [5.41, 5.74) is 0.297. The molecule has 2 saturated heterocycles. The Kier molecular flexibility index (Phi) is 7.55. The van der Waals surface area contributed by atoms with Crippen LogP contribution >= 0.6 is 0 Å². The quantitative estimate of drug-likeness (QED) is 0.412. The second-order valence-electron chi connectivity index (χ2n) is 12.6. The molecule has 0 bridgehead atoms. The van der Waals surface area contributed by atoms with Crippen molar-refractivity contribution in [2.45, 2.75) is 129 Å². The molecule has 2 aliphatic rings. The van der Waals surface area contributed by atoms with Gasteiger partial charge in [0.05, 0.1) is 0 Å². The van der Waals surface area contributed by atoms with Crippen molar-refractivity contribution in [3.05, 3.63) is 23.9 Å². The number of hydrogen-bond acceptors (Lipinski definition) is 6. The molecule has 0 aromatic carbocycles. The van der Waals surface area contributed by atoms with Crippen LogP contribution in [0.5, 0.6) is 0 Å². The largest absolute Gasteiger partial charge is 0.459 e. The third-order valence-corrected chi connectivity index (χ3v) is 7.57. The van der Waals surface area contributed by atoms with Gasteiger partial charge in [0.15, 0.2) is 0 Å². The SMILES string of the molecule is C=C(C)C(=O)OC1CC(C)(C)N(/C=C(\C)C(=O)OC2CC(C)(C)N(C)C(C)(C)C2)C(C)(C)C1. The molecular weight excluding hydrogens is 416 g/mol. The predicted octanol–water partition coefficient (Wildman–Crippen LogP) is 5.23. The lowest BCUT2D eigenvalue weighted by Crippen LogP contribution is -2.60. The Morgan fingerprint density at radius 3 is 1.52 bits per heavy atom. The standard InChI is InChI=1S/C27H46N2O4/c1-18(2)22(30)32-21-15-26(8,9)29(27(10,11)16-21)17-19(3)23(31)33-20-13-24(4,5)28(12)25(6,7)14-20/h17,20-21H,1,13-16H2,2-12H3/b19-17+. The molecule has 0 N–H and O–H groups in total. The number of carbonyl (C=O) groups is 2. The number of likely N-dealkylation sites (tertiary alicyclic amines) is 2. The highest BCUT2D eigenvalue weighted by Crippen LogP contribution is 2.41. The van der Waals surface area contributed by atoms with Crippen molar-refractivity contribution in [2.75, 3.05) is 7.05 Å². The van der Waals surface area contributed by atoms with E-state index in [0.717, 1.165) is 12.8 Å². The zero-order valence-electron chi connectivity index (χ0n) is 22.8. The number of ether oxygens (including phenoxy) is 2. The van der Waals surface area contributed by atoms with Crippen LogP contribution < -0.4 is 0 Å². The summed E-state index contributed by atoms with van der Waals surface area (Å²) in [6, 6.07) is 0. The van der Waals surface area contributed by atoms with Crippen LogP contribution in [0.1, 0.15) is 94.9 Å². The number of rotatable bonds is 5. The van der Waals surface area contributed by atoms with Crippen LogP contribution in [0.2, 0.25) is 0 Å². The Bertz CT molecular complexity index is 786. The first-order valence-corrected chi connectivity index (χ1v) is 12.1. The normalized spacial score (nSPS) is 25.4. The molecule has 0 aromatic rings. The van der Waals surface area contributed by atoms with Crippen LogP contribution in [0.3, 0.4) is 0 Å². The van der Waals surface area contributed by atoms with Gasteiger partial charge in [-0.3, -0.25) is 4.90 Å². The van der Waals surface area contributed by atoms with Crippen molar-refractivity contribution in [1.82, 2.24) is 9.80 Å². The molecule has 0 aliphatic carbocycles. The molecule has 0 amide bonds. The highest BCUT2D eigenvalue weighted by atomic mass is 16.5. The third kappa shape index (κ3) is 6.20. The average Bonchev–Trinajstić information content (AvgIpc) is 2.61. The first-order chi connectivity index (χ1) is 14.8. The molecule has 0 atom stereocenters. The van der Waals surface area contributed by atoms with Crippen molar-refractivity contribution in [1.29, 1.82) is 0 Å². The van der Waals surface area contributed by atoms with Gasteiger partial charge in [0, 0.05) is 65.2 Å². The summed E-state index contributed by atoms with van der Waals surface area (Å²) in [7, 11) is 2.14. The maximum Gasteiger partial charge on any atom is 0.335 e. The van der Waals surface area contributed by atoms with Gasteiger partial charge in [-0.2, -0.15) is 0 Å². The first kappa shape index (κ1) is 27.4. The van der Waals surface area contributed by atoms with E-state index in [9.17, 15) is 9.59 Å². The molecule has 6 heteroatoms. The molecule has 6 nitrogen and oxygen atoms in total. The van der Waals surface area contributed by atoms with Gasteiger partial charge in [0.1, 0.15) is 12.2 Å². The minimum absolute atomic E-state index is 0.0442. The summed E-state index contributed by atoms with van der Waals surface area (Å²) in [4.78, 5) is 29.8. The highest BCUT2D eigenvalue weighted by molar-refractivity contribution is 5.88. The molecule has 0 unspecified atom stereocenters. The summed E-state index contributed by atoms with van der Waals surface area (Å²) in [6.45, 7) is 24.5. The van der Waals surface area contributed by atoms with Crippen LogP contribution in [-0.2, 0) is 19.1 Å². The molecule has 188 valence electrons. The Balaban J connectivity index is 2.16. The van der Waals surface area contributed by atoms with Crippen molar-refractivity contribution in [2.24, 2.45) is 0 Å². The van der Waals surface area contributed by atoms with Crippen LogP contribution in [0.15, 0.2) is 23.9 Å². The zero-order chi connectivity index (χ0) is 25.6. The van der Waals surface area contributed by atoms with E-state index in [1.807, 2.05) is 13.1 Å². The Labute approximate surface area is 201 Å². The average molecular weight is 463 g/mol. The van der Waals surface area contributed by atoms with E-state index in [2.05, 4.69) is 78.8 Å². The molecule has 2 fully saturated rings.